The molecule has 3 heteroatoms. The maximum Gasteiger partial charge on any atom is 2.00 e. The molecule has 1 saturated carbocycles. The minimum absolute atomic E-state index is 0. The van der Waals surface area contributed by atoms with E-state index in [0.717, 1.165) is 25.7 Å². The van der Waals surface area contributed by atoms with E-state index in [-0.39, 0.29) is 47.0 Å². The van der Waals surface area contributed by atoms with Gasteiger partial charge in [0.15, 0.2) is 0 Å². The van der Waals surface area contributed by atoms with E-state index >= 15 is 0 Å². The van der Waals surface area contributed by atoms with E-state index in [1.165, 1.54) is 25.7 Å². The van der Waals surface area contributed by atoms with Crippen molar-refractivity contribution in [2.75, 3.05) is 0 Å². The quantitative estimate of drug-likeness (QED) is 0.478. The number of unbranched alkanes of at least 4 members (excludes halogenated alkanes) is 1. The van der Waals surface area contributed by atoms with Crippen LogP contribution in [0.1, 0.15) is 58.3 Å². The van der Waals surface area contributed by atoms with E-state index in [0.29, 0.717) is 0 Å². The number of halogens is 1. The Bertz CT molecular complexity index is 113. The van der Waals surface area contributed by atoms with Crippen LogP contribution in [-0.4, -0.2) is 28.7 Å². The van der Waals surface area contributed by atoms with Crippen molar-refractivity contribution in [3.8, 4) is 0 Å². The van der Waals surface area contributed by atoms with Crippen molar-refractivity contribution in [2.24, 2.45) is 0 Å². The molecule has 0 aromatic heterocycles. The molecule has 0 bridgehead atoms. The summed E-state index contributed by atoms with van der Waals surface area (Å²) >= 11 is 0. The van der Waals surface area contributed by atoms with Crippen LogP contribution < -0.4 is 29.1 Å². The Kier molecular flexibility index (Phi) is 11.3. The van der Waals surface area contributed by atoms with Crippen molar-refractivity contribution in [1.29, 1.82) is 0 Å². The Morgan fingerprint density at radius 2 is 1.69 bits per heavy atom. The summed E-state index contributed by atoms with van der Waals surface area (Å²) in [6.45, 7) is 2.16. The van der Waals surface area contributed by atoms with Crippen molar-refractivity contribution >= 4 is 23.1 Å². The summed E-state index contributed by atoms with van der Waals surface area (Å²) in [6.07, 6.45) is 8.73. The molecule has 0 unspecified atom stereocenters. The maximum absolute atomic E-state index is 11.9. The second kappa shape index (κ2) is 8.74. The predicted octanol–water partition coefficient (Wildman–Crippen LogP) is -1.14. The largest absolute Gasteiger partial charge is 2.00 e. The molecule has 0 heterocycles. The molecule has 1 aliphatic carbocycles. The first-order chi connectivity index (χ1) is 5.27. The zero-order chi connectivity index (χ0) is 8.16. The normalized spacial score (nSPS) is 19.8. The molecular weight excluding hydrogens is 287 g/mol. The summed E-state index contributed by atoms with van der Waals surface area (Å²) in [5, 5.41) is 11.9. The summed E-state index contributed by atoms with van der Waals surface area (Å²) in [5.41, 5.74) is -0.520. The summed E-state index contributed by atoms with van der Waals surface area (Å²) in [4.78, 5) is 0. The van der Waals surface area contributed by atoms with Crippen molar-refractivity contribution < 1.29 is 29.1 Å². The number of rotatable bonds is 3. The summed E-state index contributed by atoms with van der Waals surface area (Å²) < 4.78 is 0. The fourth-order valence-electron chi connectivity index (χ4n) is 1.95. The smallest absolute Gasteiger partial charge is 1.00 e. The van der Waals surface area contributed by atoms with Gasteiger partial charge in [-0.1, -0.05) is 58.3 Å². The third-order valence-electron chi connectivity index (χ3n) is 2.75. The standard InChI is InChI=1S/C10H19O.HI.Mg/c1-2-3-7-10(11)8-5-4-6-9-10;;/h2-9H2,1H3;1H;/q-1;;+2/p-1. The summed E-state index contributed by atoms with van der Waals surface area (Å²) in [5.74, 6) is 0. The van der Waals surface area contributed by atoms with Gasteiger partial charge in [0.25, 0.3) is 0 Å². The second-order valence-corrected chi connectivity index (χ2v) is 3.85. The maximum atomic E-state index is 11.9. The second-order valence-electron chi connectivity index (χ2n) is 3.85. The van der Waals surface area contributed by atoms with E-state index < -0.39 is 5.60 Å². The summed E-state index contributed by atoms with van der Waals surface area (Å²) in [7, 11) is 0. The van der Waals surface area contributed by atoms with Crippen LogP contribution in [0, 0.1) is 0 Å². The zero-order valence-electron chi connectivity index (χ0n) is 8.65. The molecule has 74 valence electrons. The minimum Gasteiger partial charge on any atom is -1.00 e. The van der Waals surface area contributed by atoms with Gasteiger partial charge in [-0.2, -0.15) is 0 Å². The number of hydrogen-bond donors (Lipinski definition) is 0. The third kappa shape index (κ3) is 6.52. The first kappa shape index (κ1) is 16.9. The molecule has 0 amide bonds. The average molecular weight is 306 g/mol. The topological polar surface area (TPSA) is 23.1 Å². The Hall–Kier alpha value is 1.46. The van der Waals surface area contributed by atoms with Crippen LogP contribution in [0.2, 0.25) is 0 Å². The first-order valence-corrected chi connectivity index (χ1v) is 4.97. The predicted molar refractivity (Wildman–Crippen MR) is 51.1 cm³/mol. The molecule has 1 aliphatic rings. The van der Waals surface area contributed by atoms with E-state index in [1.807, 2.05) is 0 Å². The van der Waals surface area contributed by atoms with Gasteiger partial charge < -0.3 is 29.1 Å². The molecule has 1 nitrogen and oxygen atoms in total. The summed E-state index contributed by atoms with van der Waals surface area (Å²) in [6, 6.07) is 0. The fraction of sp³-hybridized carbons (Fsp3) is 1.00. The number of hydrogen-bond acceptors (Lipinski definition) is 1. The van der Waals surface area contributed by atoms with Crippen LogP contribution in [0.25, 0.3) is 0 Å². The van der Waals surface area contributed by atoms with Crippen LogP contribution in [0.15, 0.2) is 0 Å². The SMILES string of the molecule is CCCCC1([O-])CCCCC1.[I-].[Mg+2]. The molecular formula is C10H19IMgO. The van der Waals surface area contributed by atoms with Gasteiger partial charge in [-0.15, -0.1) is 5.60 Å². The Balaban J connectivity index is 0. The van der Waals surface area contributed by atoms with Crippen LogP contribution in [0.3, 0.4) is 0 Å². The molecule has 1 rings (SSSR count). The Morgan fingerprint density at radius 1 is 1.15 bits per heavy atom. The van der Waals surface area contributed by atoms with Crippen molar-refractivity contribution in [3.63, 3.8) is 0 Å². The van der Waals surface area contributed by atoms with Gasteiger partial charge in [-0.05, 0) is 0 Å². The monoisotopic (exact) mass is 306 g/mol. The van der Waals surface area contributed by atoms with Crippen molar-refractivity contribution in [2.45, 2.75) is 63.9 Å². The molecule has 0 radical (unpaired) electrons. The van der Waals surface area contributed by atoms with Crippen LogP contribution in [-0.2, 0) is 0 Å². The van der Waals surface area contributed by atoms with E-state index in [2.05, 4.69) is 6.92 Å². The van der Waals surface area contributed by atoms with Crippen LogP contribution in [0.5, 0.6) is 0 Å². The van der Waals surface area contributed by atoms with Crippen LogP contribution >= 0.6 is 0 Å². The zero-order valence-corrected chi connectivity index (χ0v) is 12.2. The molecule has 0 aliphatic heterocycles. The molecule has 0 atom stereocenters. The van der Waals surface area contributed by atoms with Gasteiger partial charge >= 0.3 is 23.1 Å². The molecule has 1 fully saturated rings. The molecule has 13 heavy (non-hydrogen) atoms. The Labute approximate surface area is 115 Å². The molecule has 0 saturated heterocycles. The van der Waals surface area contributed by atoms with Gasteiger partial charge in [0.2, 0.25) is 0 Å². The van der Waals surface area contributed by atoms with Gasteiger partial charge in [0, 0.05) is 0 Å². The molecule has 0 N–H and O–H groups in total. The Morgan fingerprint density at radius 3 is 2.15 bits per heavy atom. The van der Waals surface area contributed by atoms with Crippen LogP contribution in [0.4, 0.5) is 0 Å². The van der Waals surface area contributed by atoms with Gasteiger partial charge in [0.05, 0.1) is 0 Å². The molecule has 0 aromatic carbocycles. The van der Waals surface area contributed by atoms with Crippen molar-refractivity contribution in [1.82, 2.24) is 0 Å². The van der Waals surface area contributed by atoms with E-state index in [9.17, 15) is 5.11 Å². The van der Waals surface area contributed by atoms with E-state index in [4.69, 9.17) is 0 Å². The third-order valence-corrected chi connectivity index (χ3v) is 2.75. The van der Waals surface area contributed by atoms with E-state index in [1.54, 1.807) is 0 Å². The first-order valence-electron chi connectivity index (χ1n) is 4.97. The molecule has 0 spiro atoms. The average Bonchev–Trinajstić information content (AvgIpc) is 2.03. The van der Waals surface area contributed by atoms with Crippen molar-refractivity contribution in [3.05, 3.63) is 0 Å². The fourth-order valence-corrected chi connectivity index (χ4v) is 1.95. The molecule has 0 aromatic rings. The minimum atomic E-state index is -0.520. The van der Waals surface area contributed by atoms with Gasteiger partial charge in [-0.3, -0.25) is 0 Å². The van der Waals surface area contributed by atoms with Gasteiger partial charge in [-0.25, -0.2) is 0 Å². The van der Waals surface area contributed by atoms with Gasteiger partial charge in [0.1, 0.15) is 0 Å².